The van der Waals surface area contributed by atoms with Crippen LogP contribution < -0.4 is 5.73 Å². The van der Waals surface area contributed by atoms with Crippen LogP contribution in [0.25, 0.3) is 0 Å². The molecule has 0 amide bonds. The highest BCUT2D eigenvalue weighted by Gasteiger charge is 2.39. The summed E-state index contributed by atoms with van der Waals surface area (Å²) in [4.78, 5) is 2.28. The van der Waals surface area contributed by atoms with Crippen LogP contribution >= 0.6 is 0 Å². The SMILES string of the molecule is CN(Cc1ccc(CN)cc1F)CC1CC2CCC1C2. The Morgan fingerprint density at radius 2 is 2.15 bits per heavy atom. The van der Waals surface area contributed by atoms with E-state index in [0.29, 0.717) is 13.1 Å². The first-order valence-corrected chi connectivity index (χ1v) is 7.81. The van der Waals surface area contributed by atoms with Gasteiger partial charge in [0, 0.05) is 25.2 Å². The van der Waals surface area contributed by atoms with Gasteiger partial charge in [-0.1, -0.05) is 18.6 Å². The molecule has 3 atom stereocenters. The normalized spacial score (nSPS) is 28.5. The highest BCUT2D eigenvalue weighted by Crippen LogP contribution is 2.48. The fraction of sp³-hybridized carbons (Fsp3) is 0.647. The third kappa shape index (κ3) is 2.89. The van der Waals surface area contributed by atoms with E-state index >= 15 is 0 Å². The van der Waals surface area contributed by atoms with Crippen molar-refractivity contribution < 1.29 is 4.39 Å². The molecule has 2 saturated carbocycles. The van der Waals surface area contributed by atoms with E-state index in [2.05, 4.69) is 11.9 Å². The molecule has 0 radical (unpaired) electrons. The van der Waals surface area contributed by atoms with Crippen molar-refractivity contribution >= 4 is 0 Å². The number of hydrogen-bond acceptors (Lipinski definition) is 2. The summed E-state index contributed by atoms with van der Waals surface area (Å²) in [5.41, 5.74) is 7.18. The van der Waals surface area contributed by atoms with Gasteiger partial charge < -0.3 is 10.6 Å². The van der Waals surface area contributed by atoms with E-state index in [1.165, 1.54) is 25.7 Å². The van der Waals surface area contributed by atoms with Crippen molar-refractivity contribution in [1.29, 1.82) is 0 Å². The first-order chi connectivity index (χ1) is 9.65. The van der Waals surface area contributed by atoms with E-state index in [-0.39, 0.29) is 5.82 Å². The van der Waals surface area contributed by atoms with Gasteiger partial charge in [-0.3, -0.25) is 0 Å². The Morgan fingerprint density at radius 3 is 2.75 bits per heavy atom. The second-order valence-corrected chi connectivity index (χ2v) is 6.76. The van der Waals surface area contributed by atoms with Crippen molar-refractivity contribution in [2.45, 2.75) is 38.8 Å². The Labute approximate surface area is 121 Å². The molecule has 3 heteroatoms. The van der Waals surface area contributed by atoms with Gasteiger partial charge in [0.1, 0.15) is 5.82 Å². The lowest BCUT2D eigenvalue weighted by atomic mass is 9.88. The van der Waals surface area contributed by atoms with Crippen molar-refractivity contribution in [1.82, 2.24) is 4.90 Å². The van der Waals surface area contributed by atoms with Crippen LogP contribution in [-0.2, 0) is 13.1 Å². The third-order valence-electron chi connectivity index (χ3n) is 5.22. The van der Waals surface area contributed by atoms with Gasteiger partial charge in [-0.05, 0) is 55.7 Å². The quantitative estimate of drug-likeness (QED) is 0.895. The Hall–Kier alpha value is -0.930. The summed E-state index contributed by atoms with van der Waals surface area (Å²) in [5, 5.41) is 0. The second-order valence-electron chi connectivity index (χ2n) is 6.76. The van der Waals surface area contributed by atoms with Crippen LogP contribution in [0, 0.1) is 23.6 Å². The molecule has 110 valence electrons. The summed E-state index contributed by atoms with van der Waals surface area (Å²) in [7, 11) is 2.11. The van der Waals surface area contributed by atoms with Crippen molar-refractivity contribution in [2.24, 2.45) is 23.5 Å². The number of fused-ring (bicyclic) bond motifs is 2. The van der Waals surface area contributed by atoms with Gasteiger partial charge in [0.2, 0.25) is 0 Å². The number of nitrogens with zero attached hydrogens (tertiary/aromatic N) is 1. The van der Waals surface area contributed by atoms with Gasteiger partial charge in [-0.2, -0.15) is 0 Å². The monoisotopic (exact) mass is 276 g/mol. The average Bonchev–Trinajstić information content (AvgIpc) is 3.03. The molecular weight excluding hydrogens is 251 g/mol. The standard InChI is InChI=1S/C17H25FN2/c1-20(11-16-7-12-2-4-14(16)6-12)10-15-5-3-13(9-19)8-17(15)18/h3,5,8,12,14,16H,2,4,6-7,9-11,19H2,1H3. The molecule has 2 bridgehead atoms. The minimum Gasteiger partial charge on any atom is -0.326 e. The van der Waals surface area contributed by atoms with Crippen LogP contribution in [0.1, 0.15) is 36.8 Å². The average molecular weight is 276 g/mol. The fourth-order valence-electron chi connectivity index (χ4n) is 4.20. The maximum atomic E-state index is 14.0. The second kappa shape index (κ2) is 5.82. The minimum absolute atomic E-state index is 0.118. The predicted molar refractivity (Wildman–Crippen MR) is 79.6 cm³/mol. The van der Waals surface area contributed by atoms with Crippen molar-refractivity contribution in [3.63, 3.8) is 0 Å². The molecule has 2 nitrogen and oxygen atoms in total. The molecule has 2 aliphatic carbocycles. The highest BCUT2D eigenvalue weighted by molar-refractivity contribution is 5.24. The zero-order valence-electron chi connectivity index (χ0n) is 12.3. The lowest BCUT2D eigenvalue weighted by Crippen LogP contribution is -2.28. The number of nitrogens with two attached hydrogens (primary N) is 1. The van der Waals surface area contributed by atoms with Crippen LogP contribution in [0.4, 0.5) is 4.39 Å². The number of halogens is 1. The van der Waals surface area contributed by atoms with Crippen molar-refractivity contribution in [3.8, 4) is 0 Å². The molecule has 0 aliphatic heterocycles. The predicted octanol–water partition coefficient (Wildman–Crippen LogP) is 3.15. The molecule has 2 N–H and O–H groups in total. The first kappa shape index (κ1) is 14.0. The molecule has 0 heterocycles. The molecule has 0 spiro atoms. The van der Waals surface area contributed by atoms with Gasteiger partial charge in [-0.15, -0.1) is 0 Å². The maximum absolute atomic E-state index is 14.0. The lowest BCUT2D eigenvalue weighted by molar-refractivity contribution is 0.213. The van der Waals surface area contributed by atoms with Crippen LogP contribution in [0.3, 0.4) is 0 Å². The molecule has 0 saturated heterocycles. The van der Waals surface area contributed by atoms with E-state index in [4.69, 9.17) is 5.73 Å². The van der Waals surface area contributed by atoms with E-state index in [0.717, 1.165) is 35.4 Å². The molecule has 3 rings (SSSR count). The Balaban J connectivity index is 1.57. The largest absolute Gasteiger partial charge is 0.326 e. The van der Waals surface area contributed by atoms with Crippen molar-refractivity contribution in [3.05, 3.63) is 35.1 Å². The maximum Gasteiger partial charge on any atom is 0.128 e. The van der Waals surface area contributed by atoms with Gasteiger partial charge in [0.05, 0.1) is 0 Å². The smallest absolute Gasteiger partial charge is 0.128 e. The van der Waals surface area contributed by atoms with E-state index in [1.807, 2.05) is 12.1 Å². The van der Waals surface area contributed by atoms with Gasteiger partial charge in [-0.25, -0.2) is 4.39 Å². The molecule has 1 aromatic carbocycles. The Kier molecular flexibility index (Phi) is 4.08. The number of rotatable bonds is 5. The molecule has 20 heavy (non-hydrogen) atoms. The van der Waals surface area contributed by atoms with Gasteiger partial charge in [0.25, 0.3) is 0 Å². The van der Waals surface area contributed by atoms with Crippen LogP contribution in [0.2, 0.25) is 0 Å². The molecule has 0 aromatic heterocycles. The molecule has 2 aliphatic rings. The Morgan fingerprint density at radius 1 is 1.30 bits per heavy atom. The summed E-state index contributed by atoms with van der Waals surface area (Å²) in [5.74, 6) is 2.64. The van der Waals surface area contributed by atoms with E-state index in [1.54, 1.807) is 6.07 Å². The van der Waals surface area contributed by atoms with Gasteiger partial charge >= 0.3 is 0 Å². The molecule has 1 aromatic rings. The number of hydrogen-bond donors (Lipinski definition) is 1. The Bertz CT molecular complexity index is 474. The zero-order valence-corrected chi connectivity index (χ0v) is 12.3. The summed E-state index contributed by atoms with van der Waals surface area (Å²) >= 11 is 0. The van der Waals surface area contributed by atoms with Crippen molar-refractivity contribution in [2.75, 3.05) is 13.6 Å². The highest BCUT2D eigenvalue weighted by atomic mass is 19.1. The van der Waals surface area contributed by atoms with Crippen LogP contribution in [-0.4, -0.2) is 18.5 Å². The first-order valence-electron chi connectivity index (χ1n) is 7.81. The summed E-state index contributed by atoms with van der Waals surface area (Å²) in [6.45, 7) is 2.21. The fourth-order valence-corrected chi connectivity index (χ4v) is 4.20. The zero-order chi connectivity index (χ0) is 14.1. The summed E-state index contributed by atoms with van der Waals surface area (Å²) in [6, 6.07) is 5.39. The number of benzene rings is 1. The third-order valence-corrected chi connectivity index (χ3v) is 5.22. The topological polar surface area (TPSA) is 29.3 Å². The van der Waals surface area contributed by atoms with E-state index in [9.17, 15) is 4.39 Å². The molecule has 3 unspecified atom stereocenters. The molecular formula is C17H25FN2. The lowest BCUT2D eigenvalue weighted by Gasteiger charge is -2.27. The van der Waals surface area contributed by atoms with Crippen LogP contribution in [0.15, 0.2) is 18.2 Å². The summed E-state index contributed by atoms with van der Waals surface area (Å²) in [6.07, 6.45) is 5.70. The summed E-state index contributed by atoms with van der Waals surface area (Å²) < 4.78 is 14.0. The van der Waals surface area contributed by atoms with Crippen LogP contribution in [0.5, 0.6) is 0 Å². The van der Waals surface area contributed by atoms with Gasteiger partial charge in [0.15, 0.2) is 0 Å². The minimum atomic E-state index is -0.118. The van der Waals surface area contributed by atoms with E-state index < -0.39 is 0 Å². The molecule has 2 fully saturated rings.